The molecule has 0 radical (unpaired) electrons. The Hall–Kier alpha value is -2.81. The maximum atomic E-state index is 6.04. The third-order valence-corrected chi connectivity index (χ3v) is 3.34. The molecule has 0 unspecified atom stereocenters. The van der Waals surface area contributed by atoms with Crippen LogP contribution in [0.2, 0.25) is 0 Å². The lowest BCUT2D eigenvalue weighted by Crippen LogP contribution is -2.02. The summed E-state index contributed by atoms with van der Waals surface area (Å²) >= 11 is 0. The van der Waals surface area contributed by atoms with Crippen LogP contribution >= 0.6 is 0 Å². The van der Waals surface area contributed by atoms with Gasteiger partial charge in [0.05, 0.1) is 11.9 Å². The average Bonchev–Trinajstić information content (AvgIpc) is 2.56. The summed E-state index contributed by atoms with van der Waals surface area (Å²) in [6, 6.07) is 22.3. The Kier molecular flexibility index (Phi) is 3.83. The highest BCUT2D eigenvalue weighted by molar-refractivity contribution is 5.77. The quantitative estimate of drug-likeness (QED) is 0.758. The molecule has 0 bridgehead atoms. The van der Waals surface area contributed by atoms with Gasteiger partial charge in [0.2, 0.25) is 0 Å². The molecule has 104 valence electrons. The summed E-state index contributed by atoms with van der Waals surface area (Å²) in [6.07, 6.45) is 1.70. The van der Waals surface area contributed by atoms with Gasteiger partial charge >= 0.3 is 0 Å². The molecule has 21 heavy (non-hydrogen) atoms. The van der Waals surface area contributed by atoms with Crippen molar-refractivity contribution in [2.45, 2.75) is 6.54 Å². The van der Waals surface area contributed by atoms with Crippen LogP contribution in [-0.2, 0) is 6.54 Å². The smallest absolute Gasteiger partial charge is 0.126 e. The maximum absolute atomic E-state index is 6.04. The van der Waals surface area contributed by atoms with Gasteiger partial charge in [-0.2, -0.15) is 0 Å². The van der Waals surface area contributed by atoms with E-state index in [1.165, 1.54) is 5.56 Å². The van der Waals surface area contributed by atoms with Crippen molar-refractivity contribution in [1.29, 1.82) is 0 Å². The van der Waals surface area contributed by atoms with Crippen LogP contribution in [0.15, 0.2) is 72.9 Å². The largest absolute Gasteiger partial charge is 0.397 e. The van der Waals surface area contributed by atoms with Crippen LogP contribution < -0.4 is 11.1 Å². The van der Waals surface area contributed by atoms with Gasteiger partial charge in [0.1, 0.15) is 5.82 Å². The number of nitrogen functional groups attached to an aromatic ring is 1. The highest BCUT2D eigenvalue weighted by Gasteiger charge is 2.04. The Morgan fingerprint density at radius 2 is 1.57 bits per heavy atom. The molecule has 3 aromatic rings. The summed E-state index contributed by atoms with van der Waals surface area (Å²) in [5.41, 5.74) is 10.0. The molecule has 0 spiro atoms. The van der Waals surface area contributed by atoms with E-state index in [0.29, 0.717) is 5.69 Å². The van der Waals surface area contributed by atoms with Crippen LogP contribution in [0.3, 0.4) is 0 Å². The fraction of sp³-hybridized carbons (Fsp3) is 0.0556. The molecular formula is C18H17N3. The number of rotatable bonds is 4. The summed E-state index contributed by atoms with van der Waals surface area (Å²) in [6.45, 7) is 0.742. The molecule has 0 amide bonds. The number of nitrogens with zero attached hydrogens (tertiary/aromatic N) is 1. The Balaban J connectivity index is 1.81. The molecule has 0 atom stereocenters. The van der Waals surface area contributed by atoms with Crippen LogP contribution in [-0.4, -0.2) is 4.98 Å². The first-order valence-corrected chi connectivity index (χ1v) is 6.91. The van der Waals surface area contributed by atoms with Crippen molar-refractivity contribution in [3.05, 3.63) is 78.5 Å². The fourth-order valence-corrected chi connectivity index (χ4v) is 2.22. The topological polar surface area (TPSA) is 50.9 Å². The van der Waals surface area contributed by atoms with E-state index in [1.54, 1.807) is 6.20 Å². The van der Waals surface area contributed by atoms with E-state index in [1.807, 2.05) is 54.6 Å². The monoisotopic (exact) mass is 275 g/mol. The van der Waals surface area contributed by atoms with Gasteiger partial charge in [-0.1, -0.05) is 60.7 Å². The van der Waals surface area contributed by atoms with E-state index in [9.17, 15) is 0 Å². The fourth-order valence-electron chi connectivity index (χ4n) is 2.22. The van der Waals surface area contributed by atoms with E-state index in [-0.39, 0.29) is 0 Å². The third kappa shape index (κ3) is 3.20. The maximum Gasteiger partial charge on any atom is 0.126 e. The zero-order valence-electron chi connectivity index (χ0n) is 11.7. The summed E-state index contributed by atoms with van der Waals surface area (Å²) in [5.74, 6) is 0.826. The Morgan fingerprint density at radius 3 is 2.29 bits per heavy atom. The van der Waals surface area contributed by atoms with Crippen LogP contribution in [0.25, 0.3) is 11.1 Å². The van der Waals surface area contributed by atoms with Crippen molar-refractivity contribution in [2.75, 3.05) is 11.1 Å². The normalized spacial score (nSPS) is 10.3. The van der Waals surface area contributed by atoms with Crippen molar-refractivity contribution >= 4 is 11.5 Å². The highest BCUT2D eigenvalue weighted by Crippen LogP contribution is 2.27. The molecule has 0 aliphatic rings. The molecule has 2 aromatic carbocycles. The van der Waals surface area contributed by atoms with E-state index >= 15 is 0 Å². The third-order valence-electron chi connectivity index (χ3n) is 3.34. The number of anilines is 2. The van der Waals surface area contributed by atoms with Crippen LogP contribution in [0.5, 0.6) is 0 Å². The zero-order chi connectivity index (χ0) is 14.5. The van der Waals surface area contributed by atoms with Gasteiger partial charge in [-0.15, -0.1) is 0 Å². The van der Waals surface area contributed by atoms with Crippen molar-refractivity contribution in [3.8, 4) is 11.1 Å². The minimum Gasteiger partial charge on any atom is -0.397 e. The molecule has 3 N–H and O–H groups in total. The first-order valence-electron chi connectivity index (χ1n) is 6.91. The van der Waals surface area contributed by atoms with Gasteiger partial charge in [-0.05, 0) is 17.2 Å². The summed E-state index contributed by atoms with van der Waals surface area (Å²) in [5, 5.41) is 3.33. The van der Waals surface area contributed by atoms with Gasteiger partial charge in [-0.25, -0.2) is 4.98 Å². The van der Waals surface area contributed by atoms with Crippen LogP contribution in [0.1, 0.15) is 5.56 Å². The number of hydrogen-bond donors (Lipinski definition) is 2. The molecule has 3 heteroatoms. The molecule has 1 aromatic heterocycles. The second-order valence-corrected chi connectivity index (χ2v) is 4.86. The molecule has 1 heterocycles. The van der Waals surface area contributed by atoms with Crippen molar-refractivity contribution < 1.29 is 0 Å². The summed E-state index contributed by atoms with van der Waals surface area (Å²) in [7, 11) is 0. The van der Waals surface area contributed by atoms with Gasteiger partial charge in [0.15, 0.2) is 0 Å². The molecule has 0 saturated carbocycles. The van der Waals surface area contributed by atoms with Crippen molar-refractivity contribution in [2.24, 2.45) is 0 Å². The number of hydrogen-bond acceptors (Lipinski definition) is 3. The lowest BCUT2D eigenvalue weighted by atomic mass is 10.1. The minimum atomic E-state index is 0.687. The number of pyridine rings is 1. The molecule has 0 aliphatic heterocycles. The average molecular weight is 275 g/mol. The van der Waals surface area contributed by atoms with E-state index in [0.717, 1.165) is 23.5 Å². The van der Waals surface area contributed by atoms with Crippen molar-refractivity contribution in [3.63, 3.8) is 0 Å². The standard InChI is InChI=1S/C18H17N3/c19-17-13-21-18(20-12-14-7-3-1-4-8-14)11-16(17)15-9-5-2-6-10-15/h1-11,13H,12,19H2,(H,20,21). The second-order valence-electron chi connectivity index (χ2n) is 4.86. The molecule has 3 rings (SSSR count). The summed E-state index contributed by atoms with van der Waals surface area (Å²) in [4.78, 5) is 4.34. The Bertz CT molecular complexity index is 709. The lowest BCUT2D eigenvalue weighted by molar-refractivity contribution is 1.11. The Labute approximate surface area is 124 Å². The SMILES string of the molecule is Nc1cnc(NCc2ccccc2)cc1-c1ccccc1. The zero-order valence-corrected chi connectivity index (χ0v) is 11.7. The molecule has 0 fully saturated rings. The number of nitrogens with two attached hydrogens (primary N) is 1. The number of nitrogens with one attached hydrogen (secondary N) is 1. The molecule has 0 saturated heterocycles. The van der Waals surface area contributed by atoms with Gasteiger partial charge in [-0.3, -0.25) is 0 Å². The van der Waals surface area contributed by atoms with E-state index in [4.69, 9.17) is 5.73 Å². The van der Waals surface area contributed by atoms with Gasteiger partial charge in [0, 0.05) is 12.1 Å². The van der Waals surface area contributed by atoms with Gasteiger partial charge < -0.3 is 11.1 Å². The predicted octanol–water partition coefficient (Wildman–Crippen LogP) is 3.94. The molecular weight excluding hydrogens is 258 g/mol. The number of benzene rings is 2. The van der Waals surface area contributed by atoms with Gasteiger partial charge in [0.25, 0.3) is 0 Å². The second kappa shape index (κ2) is 6.09. The van der Waals surface area contributed by atoms with Crippen molar-refractivity contribution in [1.82, 2.24) is 4.98 Å². The predicted molar refractivity (Wildman–Crippen MR) is 87.9 cm³/mol. The lowest BCUT2D eigenvalue weighted by Gasteiger charge is -2.10. The summed E-state index contributed by atoms with van der Waals surface area (Å²) < 4.78 is 0. The van der Waals surface area contributed by atoms with Crippen LogP contribution in [0, 0.1) is 0 Å². The first-order chi connectivity index (χ1) is 10.3. The minimum absolute atomic E-state index is 0.687. The Morgan fingerprint density at radius 1 is 0.905 bits per heavy atom. The first kappa shape index (κ1) is 13.2. The van der Waals surface area contributed by atoms with E-state index in [2.05, 4.69) is 22.4 Å². The molecule has 0 aliphatic carbocycles. The highest BCUT2D eigenvalue weighted by atomic mass is 15.0. The number of aromatic nitrogens is 1. The molecule has 3 nitrogen and oxygen atoms in total. The van der Waals surface area contributed by atoms with E-state index < -0.39 is 0 Å². The van der Waals surface area contributed by atoms with Crippen LogP contribution in [0.4, 0.5) is 11.5 Å².